The van der Waals surface area contributed by atoms with E-state index in [0.29, 0.717) is 0 Å². The molecule has 0 aliphatic carbocycles. The summed E-state index contributed by atoms with van der Waals surface area (Å²) < 4.78 is 12.8. The number of carbonyl (C=O) groups is 1. The summed E-state index contributed by atoms with van der Waals surface area (Å²) in [6.07, 6.45) is 6.50. The van der Waals surface area contributed by atoms with Gasteiger partial charge in [-0.05, 0) is 42.3 Å². The number of rotatable bonds is 4. The second kappa shape index (κ2) is 6.61. The van der Waals surface area contributed by atoms with Crippen molar-refractivity contribution in [2.75, 3.05) is 0 Å². The van der Waals surface area contributed by atoms with E-state index in [2.05, 4.69) is 10.3 Å². The van der Waals surface area contributed by atoms with Crippen LogP contribution >= 0.6 is 0 Å². The molecule has 1 amide bonds. The number of amides is 1. The summed E-state index contributed by atoms with van der Waals surface area (Å²) in [6.45, 7) is 1.85. The van der Waals surface area contributed by atoms with E-state index in [1.54, 1.807) is 36.7 Å². The first-order valence-corrected chi connectivity index (χ1v) is 6.29. The Kier molecular flexibility index (Phi) is 4.60. The van der Waals surface area contributed by atoms with Crippen molar-refractivity contribution in [1.82, 2.24) is 10.3 Å². The van der Waals surface area contributed by atoms with E-state index in [1.165, 1.54) is 18.2 Å². The molecule has 1 aromatic carbocycles. The Morgan fingerprint density at radius 2 is 2.05 bits per heavy atom. The third-order valence-corrected chi connectivity index (χ3v) is 2.84. The van der Waals surface area contributed by atoms with Crippen molar-refractivity contribution in [3.63, 3.8) is 0 Å². The number of hydrogen-bond donors (Lipinski definition) is 1. The Balaban J connectivity index is 1.94. The number of benzene rings is 1. The van der Waals surface area contributed by atoms with E-state index in [4.69, 9.17) is 0 Å². The lowest BCUT2D eigenvalue weighted by Crippen LogP contribution is -2.24. The van der Waals surface area contributed by atoms with Gasteiger partial charge in [0.05, 0.1) is 6.04 Å². The number of nitrogens with one attached hydrogen (secondary N) is 1. The largest absolute Gasteiger partial charge is 0.346 e. The van der Waals surface area contributed by atoms with Crippen molar-refractivity contribution in [2.24, 2.45) is 0 Å². The van der Waals surface area contributed by atoms with Crippen LogP contribution in [0.15, 0.2) is 54.9 Å². The Hall–Kier alpha value is -2.49. The molecule has 0 aliphatic rings. The average molecular weight is 270 g/mol. The molecular formula is C16H15FN2O. The predicted molar refractivity (Wildman–Crippen MR) is 76.2 cm³/mol. The minimum Gasteiger partial charge on any atom is -0.346 e. The van der Waals surface area contributed by atoms with Crippen molar-refractivity contribution < 1.29 is 9.18 Å². The SMILES string of the molecule is CC(NC(=O)C=Cc1cccnc1)c1ccc(F)cc1. The molecule has 20 heavy (non-hydrogen) atoms. The van der Waals surface area contributed by atoms with Crippen molar-refractivity contribution in [3.8, 4) is 0 Å². The lowest BCUT2D eigenvalue weighted by Gasteiger charge is -2.12. The molecule has 4 heteroatoms. The minimum absolute atomic E-state index is 0.179. The standard InChI is InChI=1S/C16H15FN2O/c1-12(14-5-7-15(17)8-6-14)19-16(20)9-4-13-3-2-10-18-11-13/h2-12H,1H3,(H,19,20). The van der Waals surface area contributed by atoms with Crippen LogP contribution in [0, 0.1) is 5.82 Å². The molecule has 0 fully saturated rings. The molecule has 1 atom stereocenters. The van der Waals surface area contributed by atoms with E-state index >= 15 is 0 Å². The molecule has 1 N–H and O–H groups in total. The molecule has 1 heterocycles. The Morgan fingerprint density at radius 1 is 1.30 bits per heavy atom. The predicted octanol–water partition coefficient (Wildman–Crippen LogP) is 3.11. The molecule has 3 nitrogen and oxygen atoms in total. The van der Waals surface area contributed by atoms with Crippen LogP contribution in [0.3, 0.4) is 0 Å². The van der Waals surface area contributed by atoms with E-state index in [-0.39, 0.29) is 17.8 Å². The zero-order chi connectivity index (χ0) is 14.4. The van der Waals surface area contributed by atoms with Crippen LogP contribution in [-0.4, -0.2) is 10.9 Å². The van der Waals surface area contributed by atoms with Crippen molar-refractivity contribution in [2.45, 2.75) is 13.0 Å². The molecule has 0 radical (unpaired) electrons. The lowest BCUT2D eigenvalue weighted by molar-refractivity contribution is -0.117. The van der Waals surface area contributed by atoms with Gasteiger partial charge >= 0.3 is 0 Å². The average Bonchev–Trinajstić information content (AvgIpc) is 2.47. The van der Waals surface area contributed by atoms with Gasteiger partial charge in [0.1, 0.15) is 5.82 Å². The Labute approximate surface area is 117 Å². The monoisotopic (exact) mass is 270 g/mol. The highest BCUT2D eigenvalue weighted by Crippen LogP contribution is 2.12. The summed E-state index contributed by atoms with van der Waals surface area (Å²) in [7, 11) is 0. The number of carbonyl (C=O) groups excluding carboxylic acids is 1. The molecular weight excluding hydrogens is 255 g/mol. The van der Waals surface area contributed by atoms with Gasteiger partial charge in [-0.15, -0.1) is 0 Å². The number of halogens is 1. The maximum absolute atomic E-state index is 12.8. The van der Waals surface area contributed by atoms with Crippen LogP contribution in [0.5, 0.6) is 0 Å². The summed E-state index contributed by atoms with van der Waals surface area (Å²) in [5.74, 6) is -0.491. The van der Waals surface area contributed by atoms with Crippen LogP contribution < -0.4 is 5.32 Å². The second-order valence-electron chi connectivity index (χ2n) is 4.40. The summed E-state index contributed by atoms with van der Waals surface area (Å²) in [5, 5.41) is 2.82. The normalized spacial score (nSPS) is 12.3. The van der Waals surface area contributed by atoms with Gasteiger partial charge in [-0.3, -0.25) is 9.78 Å². The fraction of sp³-hybridized carbons (Fsp3) is 0.125. The minimum atomic E-state index is -0.288. The molecule has 102 valence electrons. The van der Waals surface area contributed by atoms with Gasteiger partial charge in [-0.1, -0.05) is 18.2 Å². The van der Waals surface area contributed by atoms with Gasteiger partial charge in [0, 0.05) is 18.5 Å². The number of aromatic nitrogens is 1. The fourth-order valence-corrected chi connectivity index (χ4v) is 1.74. The van der Waals surface area contributed by atoms with Crippen LogP contribution in [0.2, 0.25) is 0 Å². The van der Waals surface area contributed by atoms with Gasteiger partial charge in [0.25, 0.3) is 0 Å². The molecule has 0 bridgehead atoms. The highest BCUT2D eigenvalue weighted by Gasteiger charge is 2.07. The molecule has 0 spiro atoms. The first-order valence-electron chi connectivity index (χ1n) is 6.29. The number of pyridine rings is 1. The maximum Gasteiger partial charge on any atom is 0.244 e. The molecule has 1 unspecified atom stereocenters. The summed E-state index contributed by atoms with van der Waals surface area (Å²) in [6, 6.07) is 9.56. The van der Waals surface area contributed by atoms with E-state index in [0.717, 1.165) is 11.1 Å². The van der Waals surface area contributed by atoms with E-state index in [1.807, 2.05) is 13.0 Å². The number of hydrogen-bond acceptors (Lipinski definition) is 2. The quantitative estimate of drug-likeness (QED) is 0.867. The first-order chi connectivity index (χ1) is 9.65. The Bertz CT molecular complexity index is 594. The second-order valence-corrected chi connectivity index (χ2v) is 4.40. The van der Waals surface area contributed by atoms with Crippen LogP contribution in [0.1, 0.15) is 24.1 Å². The van der Waals surface area contributed by atoms with Crippen LogP contribution in [-0.2, 0) is 4.79 Å². The summed E-state index contributed by atoms with van der Waals surface area (Å²) in [4.78, 5) is 15.7. The van der Waals surface area contributed by atoms with Crippen molar-refractivity contribution in [1.29, 1.82) is 0 Å². The molecule has 0 saturated heterocycles. The van der Waals surface area contributed by atoms with Crippen molar-refractivity contribution >= 4 is 12.0 Å². The van der Waals surface area contributed by atoms with E-state index < -0.39 is 0 Å². The zero-order valence-corrected chi connectivity index (χ0v) is 11.1. The molecule has 2 rings (SSSR count). The van der Waals surface area contributed by atoms with Crippen LogP contribution in [0.4, 0.5) is 4.39 Å². The molecule has 2 aromatic rings. The zero-order valence-electron chi connectivity index (χ0n) is 11.1. The van der Waals surface area contributed by atoms with E-state index in [9.17, 15) is 9.18 Å². The van der Waals surface area contributed by atoms with Gasteiger partial charge in [-0.25, -0.2) is 4.39 Å². The third kappa shape index (κ3) is 4.02. The van der Waals surface area contributed by atoms with Gasteiger partial charge in [0.15, 0.2) is 0 Å². The fourth-order valence-electron chi connectivity index (χ4n) is 1.74. The maximum atomic E-state index is 12.8. The van der Waals surface area contributed by atoms with Gasteiger partial charge in [-0.2, -0.15) is 0 Å². The third-order valence-electron chi connectivity index (χ3n) is 2.84. The highest BCUT2D eigenvalue weighted by molar-refractivity contribution is 5.91. The number of nitrogens with zero attached hydrogens (tertiary/aromatic N) is 1. The smallest absolute Gasteiger partial charge is 0.244 e. The summed E-state index contributed by atoms with van der Waals surface area (Å²) >= 11 is 0. The van der Waals surface area contributed by atoms with Crippen molar-refractivity contribution in [3.05, 3.63) is 71.8 Å². The van der Waals surface area contributed by atoms with Gasteiger partial charge < -0.3 is 5.32 Å². The summed E-state index contributed by atoms with van der Waals surface area (Å²) in [5.41, 5.74) is 1.71. The van der Waals surface area contributed by atoms with Crippen LogP contribution in [0.25, 0.3) is 6.08 Å². The first kappa shape index (κ1) is 13.9. The molecule has 0 aliphatic heterocycles. The van der Waals surface area contributed by atoms with Gasteiger partial charge in [0.2, 0.25) is 5.91 Å². The lowest BCUT2D eigenvalue weighted by atomic mass is 10.1. The Morgan fingerprint density at radius 3 is 2.70 bits per heavy atom. The molecule has 0 saturated carbocycles. The highest BCUT2D eigenvalue weighted by atomic mass is 19.1. The topological polar surface area (TPSA) is 42.0 Å². The molecule has 1 aromatic heterocycles.